The van der Waals surface area contributed by atoms with Crippen molar-refractivity contribution in [3.05, 3.63) is 42.0 Å². The highest BCUT2D eigenvalue weighted by molar-refractivity contribution is 7.92. The zero-order chi connectivity index (χ0) is 16.3. The molecule has 0 amide bonds. The number of hydrogen-bond donors (Lipinski definition) is 2. The molecular weight excluding hydrogens is 306 g/mol. The minimum Gasteiger partial charge on any atom is -0.508 e. The highest BCUT2D eigenvalue weighted by atomic mass is 32.2. The third kappa shape index (κ3) is 3.25. The molecule has 2 rings (SSSR count). The van der Waals surface area contributed by atoms with Crippen LogP contribution in [-0.2, 0) is 10.0 Å². The molecule has 7 heteroatoms. The Labute approximate surface area is 129 Å². The van der Waals surface area contributed by atoms with Gasteiger partial charge in [0.15, 0.2) is 0 Å². The summed E-state index contributed by atoms with van der Waals surface area (Å²) in [5.74, 6) is 0.607. The number of aryl methyl sites for hydroxylation is 1. The van der Waals surface area contributed by atoms with E-state index >= 15 is 0 Å². The fraction of sp³-hybridized carbons (Fsp3) is 0.200. The SMILES string of the molecule is COc1ccc(OC)c(S(=O)(=O)Nc2ccc(C)c(O)c2)c1. The van der Waals surface area contributed by atoms with E-state index in [4.69, 9.17) is 9.47 Å². The minimum absolute atomic E-state index is 0.0119. The van der Waals surface area contributed by atoms with Gasteiger partial charge in [0.1, 0.15) is 22.1 Å². The maximum Gasteiger partial charge on any atom is 0.265 e. The van der Waals surface area contributed by atoms with Gasteiger partial charge in [-0.2, -0.15) is 0 Å². The Morgan fingerprint density at radius 2 is 1.77 bits per heavy atom. The number of aromatic hydroxyl groups is 1. The summed E-state index contributed by atoms with van der Waals surface area (Å²) in [7, 11) is -1.05. The number of phenolic OH excluding ortho intramolecular Hbond substituents is 1. The quantitative estimate of drug-likeness (QED) is 0.883. The molecule has 22 heavy (non-hydrogen) atoms. The Balaban J connectivity index is 2.43. The first-order valence-electron chi connectivity index (χ1n) is 6.42. The van der Waals surface area contributed by atoms with E-state index in [1.54, 1.807) is 25.1 Å². The maximum absolute atomic E-state index is 12.5. The summed E-state index contributed by atoms with van der Waals surface area (Å²) in [5.41, 5.74) is 0.912. The first-order valence-corrected chi connectivity index (χ1v) is 7.90. The van der Waals surface area contributed by atoms with Crippen molar-refractivity contribution in [2.24, 2.45) is 0 Å². The molecule has 2 aromatic carbocycles. The first-order chi connectivity index (χ1) is 10.4. The third-order valence-corrected chi connectivity index (χ3v) is 4.52. The van der Waals surface area contributed by atoms with Crippen molar-refractivity contribution in [1.82, 2.24) is 0 Å². The molecule has 0 atom stereocenters. The molecular formula is C15H17NO5S. The molecule has 6 nitrogen and oxygen atoms in total. The van der Waals surface area contributed by atoms with E-state index in [0.717, 1.165) is 0 Å². The molecule has 0 unspecified atom stereocenters. The Hall–Kier alpha value is -2.41. The molecule has 0 radical (unpaired) electrons. The van der Waals surface area contributed by atoms with Gasteiger partial charge in [-0.25, -0.2) is 8.42 Å². The lowest BCUT2D eigenvalue weighted by atomic mass is 10.2. The highest BCUT2D eigenvalue weighted by Gasteiger charge is 2.21. The standard InChI is InChI=1S/C15H17NO5S/c1-10-4-5-11(8-13(10)17)16-22(18,19)15-9-12(20-2)6-7-14(15)21-3/h4-9,16-17H,1-3H3. The molecule has 0 aliphatic heterocycles. The molecule has 0 saturated carbocycles. The van der Waals surface area contributed by atoms with Crippen molar-refractivity contribution >= 4 is 15.7 Å². The van der Waals surface area contributed by atoms with Gasteiger partial charge in [-0.15, -0.1) is 0 Å². The van der Waals surface area contributed by atoms with E-state index in [1.165, 1.54) is 32.4 Å². The van der Waals surface area contributed by atoms with Gasteiger partial charge in [0.2, 0.25) is 0 Å². The lowest BCUT2D eigenvalue weighted by Gasteiger charge is -2.13. The van der Waals surface area contributed by atoms with Gasteiger partial charge in [-0.1, -0.05) is 6.07 Å². The monoisotopic (exact) mass is 323 g/mol. The van der Waals surface area contributed by atoms with Crippen LogP contribution in [-0.4, -0.2) is 27.7 Å². The van der Waals surface area contributed by atoms with Crippen molar-refractivity contribution in [3.63, 3.8) is 0 Å². The molecule has 0 spiro atoms. The predicted octanol–water partition coefficient (Wildman–Crippen LogP) is 2.52. The normalized spacial score (nSPS) is 11.0. The van der Waals surface area contributed by atoms with Crippen LogP contribution in [0.25, 0.3) is 0 Å². The molecule has 0 aromatic heterocycles. The van der Waals surface area contributed by atoms with Gasteiger partial charge in [0.05, 0.1) is 19.9 Å². The van der Waals surface area contributed by atoms with E-state index in [0.29, 0.717) is 11.3 Å². The second-order valence-corrected chi connectivity index (χ2v) is 6.27. The van der Waals surface area contributed by atoms with E-state index in [2.05, 4.69) is 4.72 Å². The summed E-state index contributed by atoms with van der Waals surface area (Å²) >= 11 is 0. The topological polar surface area (TPSA) is 84.9 Å². The fourth-order valence-corrected chi connectivity index (χ4v) is 3.11. The summed E-state index contributed by atoms with van der Waals surface area (Å²) in [6.07, 6.45) is 0. The summed E-state index contributed by atoms with van der Waals surface area (Å²) < 4.78 is 37.6. The second kappa shape index (κ2) is 6.15. The zero-order valence-electron chi connectivity index (χ0n) is 12.5. The number of benzene rings is 2. The van der Waals surface area contributed by atoms with Crippen molar-refractivity contribution in [3.8, 4) is 17.2 Å². The van der Waals surface area contributed by atoms with Gasteiger partial charge in [0.25, 0.3) is 10.0 Å². The number of sulfonamides is 1. The van der Waals surface area contributed by atoms with Gasteiger partial charge in [0, 0.05) is 12.1 Å². The molecule has 2 aromatic rings. The number of phenols is 1. The molecule has 0 bridgehead atoms. The summed E-state index contributed by atoms with van der Waals surface area (Å²) in [4.78, 5) is -0.0468. The number of nitrogens with one attached hydrogen (secondary N) is 1. The first kappa shape index (κ1) is 16.0. The average Bonchev–Trinajstić information content (AvgIpc) is 2.50. The molecule has 0 heterocycles. The summed E-state index contributed by atoms with van der Waals surface area (Å²) in [5, 5.41) is 9.67. The van der Waals surface area contributed by atoms with Crippen molar-refractivity contribution in [2.45, 2.75) is 11.8 Å². The van der Waals surface area contributed by atoms with Crippen LogP contribution in [0, 0.1) is 6.92 Å². The average molecular weight is 323 g/mol. The van der Waals surface area contributed by atoms with Crippen LogP contribution in [0.4, 0.5) is 5.69 Å². The minimum atomic E-state index is -3.88. The van der Waals surface area contributed by atoms with E-state index < -0.39 is 10.0 Å². The number of rotatable bonds is 5. The van der Waals surface area contributed by atoms with Crippen molar-refractivity contribution < 1.29 is 23.0 Å². The summed E-state index contributed by atoms with van der Waals surface area (Å²) in [6, 6.07) is 9.03. The summed E-state index contributed by atoms with van der Waals surface area (Å²) in [6.45, 7) is 1.72. The fourth-order valence-electron chi connectivity index (χ4n) is 1.88. The maximum atomic E-state index is 12.5. The molecule has 118 valence electrons. The van der Waals surface area contributed by atoms with Crippen LogP contribution < -0.4 is 14.2 Å². The van der Waals surface area contributed by atoms with Gasteiger partial charge >= 0.3 is 0 Å². The molecule has 0 aliphatic carbocycles. The van der Waals surface area contributed by atoms with Gasteiger partial charge in [-0.3, -0.25) is 4.72 Å². The third-order valence-electron chi connectivity index (χ3n) is 3.12. The van der Waals surface area contributed by atoms with Crippen LogP contribution in [0.2, 0.25) is 0 Å². The van der Waals surface area contributed by atoms with Gasteiger partial charge < -0.3 is 14.6 Å². The van der Waals surface area contributed by atoms with E-state index in [1.807, 2.05) is 0 Å². The number of ether oxygens (including phenoxy) is 2. The molecule has 2 N–H and O–H groups in total. The Morgan fingerprint density at radius 3 is 2.36 bits per heavy atom. The Morgan fingerprint density at radius 1 is 1.05 bits per heavy atom. The smallest absolute Gasteiger partial charge is 0.265 e. The van der Waals surface area contributed by atoms with Crippen LogP contribution in [0.3, 0.4) is 0 Å². The predicted molar refractivity (Wildman–Crippen MR) is 83.2 cm³/mol. The van der Waals surface area contributed by atoms with Crippen molar-refractivity contribution in [2.75, 3.05) is 18.9 Å². The lowest BCUT2D eigenvalue weighted by Crippen LogP contribution is -2.14. The largest absolute Gasteiger partial charge is 0.508 e. The second-order valence-electron chi connectivity index (χ2n) is 4.62. The van der Waals surface area contributed by atoms with Gasteiger partial charge in [-0.05, 0) is 30.7 Å². The van der Waals surface area contributed by atoms with Crippen molar-refractivity contribution in [1.29, 1.82) is 0 Å². The van der Waals surface area contributed by atoms with E-state index in [9.17, 15) is 13.5 Å². The Bertz CT molecular complexity index is 787. The number of hydrogen-bond acceptors (Lipinski definition) is 5. The Kier molecular flexibility index (Phi) is 4.46. The zero-order valence-corrected chi connectivity index (χ0v) is 13.3. The lowest BCUT2D eigenvalue weighted by molar-refractivity contribution is 0.392. The highest BCUT2D eigenvalue weighted by Crippen LogP contribution is 2.30. The van der Waals surface area contributed by atoms with Crippen LogP contribution >= 0.6 is 0 Å². The van der Waals surface area contributed by atoms with Crippen LogP contribution in [0.15, 0.2) is 41.3 Å². The van der Waals surface area contributed by atoms with Crippen LogP contribution in [0.1, 0.15) is 5.56 Å². The van der Waals surface area contributed by atoms with E-state index in [-0.39, 0.29) is 22.1 Å². The molecule has 0 saturated heterocycles. The molecule has 0 fully saturated rings. The van der Waals surface area contributed by atoms with Crippen LogP contribution in [0.5, 0.6) is 17.2 Å². The number of anilines is 1. The number of methoxy groups -OCH3 is 2. The molecule has 0 aliphatic rings.